The van der Waals surface area contributed by atoms with E-state index in [1.807, 2.05) is 48.5 Å². The molecule has 25 heavy (non-hydrogen) atoms. The van der Waals surface area contributed by atoms with Crippen LogP contribution >= 0.6 is 27.3 Å². The first-order chi connectivity index (χ1) is 12.3. The number of nitrogens with zero attached hydrogens (tertiary/aromatic N) is 5. The van der Waals surface area contributed by atoms with E-state index in [1.54, 1.807) is 4.52 Å². The summed E-state index contributed by atoms with van der Waals surface area (Å²) in [6, 6.07) is 20.1. The van der Waals surface area contributed by atoms with Gasteiger partial charge in [0.25, 0.3) is 0 Å². The van der Waals surface area contributed by atoms with Crippen LogP contribution in [-0.4, -0.2) is 24.8 Å². The highest BCUT2D eigenvalue weighted by Gasteiger charge is 2.15. The Labute approximate surface area is 155 Å². The zero-order valence-electron chi connectivity index (χ0n) is 12.8. The van der Waals surface area contributed by atoms with Crippen LogP contribution in [0.15, 0.2) is 65.1 Å². The molecule has 0 atom stereocenters. The average molecular weight is 408 g/mol. The predicted molar refractivity (Wildman–Crippen MR) is 103 cm³/mol. The van der Waals surface area contributed by atoms with Crippen molar-refractivity contribution in [2.24, 2.45) is 0 Å². The molecule has 3 heterocycles. The predicted octanol–water partition coefficient (Wildman–Crippen LogP) is 4.83. The summed E-state index contributed by atoms with van der Waals surface area (Å²) in [6.45, 7) is 0. The van der Waals surface area contributed by atoms with Crippen LogP contribution in [0.5, 0.6) is 0 Å². The molecule has 0 bridgehead atoms. The number of aromatic nitrogens is 5. The molecule has 120 valence electrons. The molecule has 3 aromatic heterocycles. The van der Waals surface area contributed by atoms with E-state index in [-0.39, 0.29) is 0 Å². The third-order valence-corrected chi connectivity index (χ3v) is 5.36. The molecule has 0 N–H and O–H groups in total. The standard InChI is InChI=1S/C18H10BrN5S/c19-13-8-5-12(6-9-13)16-21-22-18-24(16)23-17(25-18)15-10-7-11-3-1-2-4-14(11)20-15/h1-10H. The van der Waals surface area contributed by atoms with Gasteiger partial charge >= 0.3 is 0 Å². The molecule has 0 saturated heterocycles. The molecule has 5 rings (SSSR count). The Morgan fingerprint density at radius 3 is 2.60 bits per heavy atom. The first-order valence-electron chi connectivity index (χ1n) is 7.62. The minimum atomic E-state index is 0.728. The summed E-state index contributed by atoms with van der Waals surface area (Å²) in [5.74, 6) is 0.728. The van der Waals surface area contributed by atoms with Gasteiger partial charge in [-0.1, -0.05) is 63.7 Å². The summed E-state index contributed by atoms with van der Waals surface area (Å²) in [5.41, 5.74) is 2.77. The van der Waals surface area contributed by atoms with Gasteiger partial charge in [-0.2, -0.15) is 9.61 Å². The van der Waals surface area contributed by atoms with Gasteiger partial charge in [-0.15, -0.1) is 10.2 Å². The quantitative estimate of drug-likeness (QED) is 0.420. The first kappa shape index (κ1) is 14.7. The minimum absolute atomic E-state index is 0.728. The lowest BCUT2D eigenvalue weighted by Gasteiger charge is -1.99. The van der Waals surface area contributed by atoms with Gasteiger partial charge in [0.2, 0.25) is 4.96 Å². The first-order valence-corrected chi connectivity index (χ1v) is 9.23. The monoisotopic (exact) mass is 407 g/mol. The molecule has 5 aromatic rings. The van der Waals surface area contributed by atoms with Crippen molar-refractivity contribution >= 4 is 43.1 Å². The molecule has 0 fully saturated rings. The molecule has 0 aliphatic carbocycles. The van der Waals surface area contributed by atoms with Gasteiger partial charge in [0.05, 0.1) is 5.52 Å². The fraction of sp³-hybridized carbons (Fsp3) is 0. The summed E-state index contributed by atoms with van der Waals surface area (Å²) in [4.78, 5) is 5.47. The molecule has 0 aliphatic rings. The van der Waals surface area contributed by atoms with Crippen LogP contribution in [-0.2, 0) is 0 Å². The highest BCUT2D eigenvalue weighted by molar-refractivity contribution is 9.10. The number of hydrogen-bond donors (Lipinski definition) is 0. The molecular formula is C18H10BrN5S. The van der Waals surface area contributed by atoms with E-state index >= 15 is 0 Å². The fourth-order valence-electron chi connectivity index (χ4n) is 2.68. The summed E-state index contributed by atoms with van der Waals surface area (Å²) in [5, 5.41) is 15.1. The fourth-order valence-corrected chi connectivity index (χ4v) is 3.76. The highest BCUT2D eigenvalue weighted by Crippen LogP contribution is 2.28. The number of para-hydroxylation sites is 1. The van der Waals surface area contributed by atoms with Crippen molar-refractivity contribution in [3.05, 3.63) is 65.1 Å². The van der Waals surface area contributed by atoms with Gasteiger partial charge in [0, 0.05) is 15.4 Å². The summed E-state index contributed by atoms with van der Waals surface area (Å²) >= 11 is 4.93. The molecule has 0 saturated carbocycles. The largest absolute Gasteiger partial charge is 0.245 e. The van der Waals surface area contributed by atoms with Crippen LogP contribution in [0.1, 0.15) is 0 Å². The van der Waals surface area contributed by atoms with E-state index < -0.39 is 0 Å². The number of halogens is 1. The molecule has 0 aliphatic heterocycles. The van der Waals surface area contributed by atoms with Crippen molar-refractivity contribution in [3.63, 3.8) is 0 Å². The number of pyridine rings is 1. The molecule has 0 unspecified atom stereocenters. The zero-order chi connectivity index (χ0) is 16.8. The number of hydrogen-bond acceptors (Lipinski definition) is 5. The summed E-state index contributed by atoms with van der Waals surface area (Å²) < 4.78 is 2.80. The lowest BCUT2D eigenvalue weighted by molar-refractivity contribution is 0.968. The normalized spacial score (nSPS) is 11.4. The van der Waals surface area contributed by atoms with E-state index in [2.05, 4.69) is 43.4 Å². The van der Waals surface area contributed by atoms with Gasteiger partial charge < -0.3 is 0 Å². The lowest BCUT2D eigenvalue weighted by atomic mass is 10.2. The average Bonchev–Trinajstić information content (AvgIpc) is 3.23. The van der Waals surface area contributed by atoms with Gasteiger partial charge in [0.1, 0.15) is 5.69 Å². The number of fused-ring (bicyclic) bond motifs is 2. The van der Waals surface area contributed by atoms with E-state index in [9.17, 15) is 0 Å². The van der Waals surface area contributed by atoms with Crippen LogP contribution < -0.4 is 0 Å². The third kappa shape index (κ3) is 2.52. The Kier molecular flexibility index (Phi) is 3.36. The van der Waals surface area contributed by atoms with Crippen LogP contribution in [0.4, 0.5) is 0 Å². The van der Waals surface area contributed by atoms with Gasteiger partial charge in [-0.3, -0.25) is 0 Å². The van der Waals surface area contributed by atoms with Gasteiger partial charge in [0.15, 0.2) is 10.8 Å². The Hall–Kier alpha value is -2.64. The van der Waals surface area contributed by atoms with E-state index in [0.717, 1.165) is 42.4 Å². The molecule has 7 heteroatoms. The maximum Gasteiger partial charge on any atom is 0.235 e. The highest BCUT2D eigenvalue weighted by atomic mass is 79.9. The van der Waals surface area contributed by atoms with Crippen molar-refractivity contribution in [1.29, 1.82) is 0 Å². The molecule has 5 nitrogen and oxygen atoms in total. The second kappa shape index (κ2) is 5.72. The van der Waals surface area contributed by atoms with E-state index in [4.69, 9.17) is 4.98 Å². The van der Waals surface area contributed by atoms with E-state index in [0.29, 0.717) is 0 Å². The number of benzene rings is 2. The van der Waals surface area contributed by atoms with Crippen molar-refractivity contribution in [2.45, 2.75) is 0 Å². The Morgan fingerprint density at radius 2 is 1.72 bits per heavy atom. The van der Waals surface area contributed by atoms with Crippen molar-refractivity contribution in [1.82, 2.24) is 24.8 Å². The lowest BCUT2D eigenvalue weighted by Crippen LogP contribution is -1.91. The minimum Gasteiger partial charge on any atom is -0.245 e. The Morgan fingerprint density at radius 1 is 0.880 bits per heavy atom. The summed E-state index contributed by atoms with van der Waals surface area (Å²) in [6.07, 6.45) is 0. The molecular weight excluding hydrogens is 398 g/mol. The molecule has 0 spiro atoms. The van der Waals surface area contributed by atoms with Crippen LogP contribution in [0.3, 0.4) is 0 Å². The maximum absolute atomic E-state index is 4.71. The number of rotatable bonds is 2. The second-order valence-corrected chi connectivity index (χ2v) is 7.39. The van der Waals surface area contributed by atoms with Crippen LogP contribution in [0.25, 0.3) is 38.0 Å². The topological polar surface area (TPSA) is 56.0 Å². The Balaban J connectivity index is 1.63. The van der Waals surface area contributed by atoms with E-state index in [1.165, 1.54) is 11.3 Å². The second-order valence-electron chi connectivity index (χ2n) is 5.52. The zero-order valence-corrected chi connectivity index (χ0v) is 15.2. The molecule has 0 radical (unpaired) electrons. The molecule has 2 aromatic carbocycles. The SMILES string of the molecule is Brc1ccc(-c2nnc3sc(-c4ccc5ccccc5n4)nn23)cc1. The van der Waals surface area contributed by atoms with Gasteiger partial charge in [-0.05, 0) is 24.3 Å². The molecule has 0 amide bonds. The van der Waals surface area contributed by atoms with Crippen LogP contribution in [0, 0.1) is 0 Å². The van der Waals surface area contributed by atoms with Crippen LogP contribution in [0.2, 0.25) is 0 Å². The maximum atomic E-state index is 4.71. The third-order valence-electron chi connectivity index (χ3n) is 3.91. The van der Waals surface area contributed by atoms with Crippen molar-refractivity contribution < 1.29 is 0 Å². The van der Waals surface area contributed by atoms with Crippen molar-refractivity contribution in [3.8, 4) is 22.1 Å². The summed E-state index contributed by atoms with van der Waals surface area (Å²) in [7, 11) is 0. The van der Waals surface area contributed by atoms with Gasteiger partial charge in [-0.25, -0.2) is 4.98 Å². The smallest absolute Gasteiger partial charge is 0.235 e. The van der Waals surface area contributed by atoms with Crippen molar-refractivity contribution in [2.75, 3.05) is 0 Å². The Bertz CT molecular complexity index is 1210.